The molecule has 0 atom stereocenters. The number of aryl methyl sites for hydroxylation is 2. The lowest BCUT2D eigenvalue weighted by molar-refractivity contribution is -0.129. The van der Waals surface area contributed by atoms with Crippen molar-refractivity contribution in [2.45, 2.75) is 13.8 Å². The first kappa shape index (κ1) is 18.5. The van der Waals surface area contributed by atoms with Gasteiger partial charge in [-0.15, -0.1) is 0 Å². The Morgan fingerprint density at radius 3 is 2.32 bits per heavy atom. The van der Waals surface area contributed by atoms with Gasteiger partial charge in [-0.1, -0.05) is 24.3 Å². The molecule has 1 N–H and O–H groups in total. The summed E-state index contributed by atoms with van der Waals surface area (Å²) in [6, 6.07) is 14.8. The average molecular weight is 340 g/mol. The van der Waals surface area contributed by atoms with E-state index in [0.717, 1.165) is 16.9 Å². The third kappa shape index (κ3) is 5.95. The topological polar surface area (TPSA) is 58.6 Å². The Hall–Kier alpha value is -2.82. The fraction of sp³-hybridized carbons (Fsp3) is 0.300. The van der Waals surface area contributed by atoms with Crippen LogP contribution >= 0.6 is 0 Å². The lowest BCUT2D eigenvalue weighted by atomic mass is 10.1. The van der Waals surface area contributed by atoms with E-state index < -0.39 is 0 Å². The van der Waals surface area contributed by atoms with Crippen molar-refractivity contribution in [1.29, 1.82) is 0 Å². The van der Waals surface area contributed by atoms with E-state index in [4.69, 9.17) is 4.74 Å². The van der Waals surface area contributed by atoms with Gasteiger partial charge in [-0.05, 0) is 49.2 Å². The molecule has 0 heterocycles. The molecule has 0 unspecified atom stereocenters. The zero-order chi connectivity index (χ0) is 18.2. The van der Waals surface area contributed by atoms with Crippen molar-refractivity contribution < 1.29 is 14.3 Å². The van der Waals surface area contributed by atoms with Crippen molar-refractivity contribution in [3.05, 3.63) is 65.2 Å². The summed E-state index contributed by atoms with van der Waals surface area (Å²) >= 11 is 0. The van der Waals surface area contributed by atoms with Gasteiger partial charge in [0.05, 0.1) is 13.1 Å². The SMILES string of the molecule is Cc1cc(C)cc(OCCN(C)C(=O)CNC(=O)c2ccccc2)c1. The highest BCUT2D eigenvalue weighted by Crippen LogP contribution is 2.15. The van der Waals surface area contributed by atoms with Crippen LogP contribution in [0.1, 0.15) is 21.5 Å². The third-order valence-electron chi connectivity index (χ3n) is 3.75. The van der Waals surface area contributed by atoms with E-state index in [0.29, 0.717) is 18.7 Å². The zero-order valence-electron chi connectivity index (χ0n) is 14.9. The number of hydrogen-bond donors (Lipinski definition) is 1. The molecule has 2 aromatic carbocycles. The van der Waals surface area contributed by atoms with Gasteiger partial charge >= 0.3 is 0 Å². The third-order valence-corrected chi connectivity index (χ3v) is 3.75. The Kier molecular flexibility index (Phi) is 6.57. The number of carbonyl (C=O) groups excluding carboxylic acids is 2. The first-order valence-electron chi connectivity index (χ1n) is 8.24. The maximum Gasteiger partial charge on any atom is 0.251 e. The number of rotatable bonds is 7. The van der Waals surface area contributed by atoms with Gasteiger partial charge in [-0.25, -0.2) is 0 Å². The van der Waals surface area contributed by atoms with Crippen LogP contribution in [-0.4, -0.2) is 43.5 Å². The predicted octanol–water partition coefficient (Wildman–Crippen LogP) is 2.57. The van der Waals surface area contributed by atoms with Crippen LogP contribution in [-0.2, 0) is 4.79 Å². The second-order valence-electron chi connectivity index (χ2n) is 6.04. The summed E-state index contributed by atoms with van der Waals surface area (Å²) in [6.45, 7) is 4.86. The summed E-state index contributed by atoms with van der Waals surface area (Å²) in [5.41, 5.74) is 2.82. The molecule has 25 heavy (non-hydrogen) atoms. The number of nitrogens with one attached hydrogen (secondary N) is 1. The van der Waals surface area contributed by atoms with Gasteiger partial charge in [0.1, 0.15) is 12.4 Å². The smallest absolute Gasteiger partial charge is 0.251 e. The fourth-order valence-electron chi connectivity index (χ4n) is 2.42. The Labute approximate surface area is 148 Å². The molecule has 0 aliphatic rings. The summed E-state index contributed by atoms with van der Waals surface area (Å²) in [4.78, 5) is 25.6. The molecular weight excluding hydrogens is 316 g/mol. The van der Waals surface area contributed by atoms with Crippen LogP contribution in [0.15, 0.2) is 48.5 Å². The molecule has 0 aromatic heterocycles. The summed E-state index contributed by atoms with van der Waals surface area (Å²) in [6.07, 6.45) is 0. The Bertz CT molecular complexity index is 709. The largest absolute Gasteiger partial charge is 0.492 e. The van der Waals surface area contributed by atoms with E-state index in [1.54, 1.807) is 36.2 Å². The van der Waals surface area contributed by atoms with Crippen LogP contribution in [0.4, 0.5) is 0 Å². The number of amides is 2. The predicted molar refractivity (Wildman–Crippen MR) is 97.8 cm³/mol. The minimum Gasteiger partial charge on any atom is -0.492 e. The molecule has 0 spiro atoms. The normalized spacial score (nSPS) is 10.2. The summed E-state index contributed by atoms with van der Waals surface area (Å²) in [5.74, 6) is 0.387. The van der Waals surface area contributed by atoms with E-state index in [-0.39, 0.29) is 18.4 Å². The van der Waals surface area contributed by atoms with Crippen molar-refractivity contribution in [3.63, 3.8) is 0 Å². The molecule has 5 nitrogen and oxygen atoms in total. The maximum absolute atomic E-state index is 12.1. The second kappa shape index (κ2) is 8.87. The van der Waals surface area contributed by atoms with Crippen molar-refractivity contribution >= 4 is 11.8 Å². The number of likely N-dealkylation sites (N-methyl/N-ethyl adjacent to an activating group) is 1. The maximum atomic E-state index is 12.1. The average Bonchev–Trinajstić information content (AvgIpc) is 2.59. The van der Waals surface area contributed by atoms with E-state index in [2.05, 4.69) is 11.4 Å². The first-order chi connectivity index (χ1) is 12.0. The number of carbonyl (C=O) groups is 2. The molecule has 2 rings (SSSR count). The quantitative estimate of drug-likeness (QED) is 0.843. The van der Waals surface area contributed by atoms with E-state index in [1.165, 1.54) is 0 Å². The van der Waals surface area contributed by atoms with Gasteiger partial charge in [-0.2, -0.15) is 0 Å². The van der Waals surface area contributed by atoms with Crippen molar-refractivity contribution in [2.75, 3.05) is 26.7 Å². The Morgan fingerprint density at radius 1 is 1.04 bits per heavy atom. The number of hydrogen-bond acceptors (Lipinski definition) is 3. The fourth-order valence-corrected chi connectivity index (χ4v) is 2.42. The molecule has 0 saturated carbocycles. The summed E-state index contributed by atoms with van der Waals surface area (Å²) < 4.78 is 5.70. The molecule has 2 amide bonds. The van der Waals surface area contributed by atoms with Gasteiger partial charge < -0.3 is 15.0 Å². The van der Waals surface area contributed by atoms with E-state index >= 15 is 0 Å². The Morgan fingerprint density at radius 2 is 1.68 bits per heavy atom. The minimum atomic E-state index is -0.256. The summed E-state index contributed by atoms with van der Waals surface area (Å²) in [5, 5.41) is 2.63. The summed E-state index contributed by atoms with van der Waals surface area (Å²) in [7, 11) is 1.70. The number of benzene rings is 2. The van der Waals surface area contributed by atoms with Crippen LogP contribution in [0, 0.1) is 13.8 Å². The minimum absolute atomic E-state index is 0.0339. The molecule has 0 saturated heterocycles. The first-order valence-corrected chi connectivity index (χ1v) is 8.24. The Balaban J connectivity index is 1.74. The van der Waals surface area contributed by atoms with Gasteiger partial charge in [0, 0.05) is 12.6 Å². The van der Waals surface area contributed by atoms with Crippen LogP contribution in [0.25, 0.3) is 0 Å². The lowest BCUT2D eigenvalue weighted by Gasteiger charge is -2.18. The molecule has 0 radical (unpaired) electrons. The lowest BCUT2D eigenvalue weighted by Crippen LogP contribution is -2.39. The molecule has 0 bridgehead atoms. The monoisotopic (exact) mass is 340 g/mol. The van der Waals surface area contributed by atoms with Crippen LogP contribution < -0.4 is 10.1 Å². The molecule has 0 fully saturated rings. The highest BCUT2D eigenvalue weighted by Gasteiger charge is 2.11. The van der Waals surface area contributed by atoms with Crippen LogP contribution in [0.5, 0.6) is 5.75 Å². The zero-order valence-corrected chi connectivity index (χ0v) is 14.9. The van der Waals surface area contributed by atoms with Gasteiger partial charge in [0.2, 0.25) is 5.91 Å². The second-order valence-corrected chi connectivity index (χ2v) is 6.04. The molecule has 0 aliphatic carbocycles. The molecule has 2 aromatic rings. The number of ether oxygens (including phenoxy) is 1. The van der Waals surface area contributed by atoms with Crippen LogP contribution in [0.3, 0.4) is 0 Å². The van der Waals surface area contributed by atoms with Crippen molar-refractivity contribution in [3.8, 4) is 5.75 Å². The highest BCUT2D eigenvalue weighted by molar-refractivity contribution is 5.96. The van der Waals surface area contributed by atoms with E-state index in [1.807, 2.05) is 32.0 Å². The van der Waals surface area contributed by atoms with Crippen molar-refractivity contribution in [1.82, 2.24) is 10.2 Å². The van der Waals surface area contributed by atoms with Gasteiger partial charge in [0.15, 0.2) is 0 Å². The standard InChI is InChI=1S/C20H24N2O3/c1-15-11-16(2)13-18(12-15)25-10-9-22(3)19(23)14-21-20(24)17-7-5-4-6-8-17/h4-8,11-13H,9-10,14H2,1-3H3,(H,21,24). The highest BCUT2D eigenvalue weighted by atomic mass is 16.5. The van der Waals surface area contributed by atoms with E-state index in [9.17, 15) is 9.59 Å². The molecule has 132 valence electrons. The van der Waals surface area contributed by atoms with Crippen molar-refractivity contribution in [2.24, 2.45) is 0 Å². The van der Waals surface area contributed by atoms with Gasteiger partial charge in [0.25, 0.3) is 5.91 Å². The van der Waals surface area contributed by atoms with Gasteiger partial charge in [-0.3, -0.25) is 9.59 Å². The molecule has 5 heteroatoms. The number of nitrogens with zero attached hydrogens (tertiary/aromatic N) is 1. The van der Waals surface area contributed by atoms with Crippen LogP contribution in [0.2, 0.25) is 0 Å². The molecule has 0 aliphatic heterocycles. The molecular formula is C20H24N2O3.